The quantitative estimate of drug-likeness (QED) is 0.160. The van der Waals surface area contributed by atoms with Crippen molar-refractivity contribution in [2.45, 2.75) is 6.92 Å². The number of fused-ring (bicyclic) bond motifs is 3. The van der Waals surface area contributed by atoms with Crippen LogP contribution < -0.4 is 9.64 Å². The first-order valence-corrected chi connectivity index (χ1v) is 13.9. The Balaban J connectivity index is 1.25. The molecule has 4 heteroatoms. The maximum absolute atomic E-state index is 13.3. The van der Waals surface area contributed by atoms with Crippen molar-refractivity contribution in [3.8, 4) is 5.75 Å². The van der Waals surface area contributed by atoms with Crippen molar-refractivity contribution in [2.24, 2.45) is 0 Å². The van der Waals surface area contributed by atoms with Crippen LogP contribution >= 0.6 is 0 Å². The zero-order valence-electron chi connectivity index (χ0n) is 23.3. The number of anilines is 3. The molecule has 0 fully saturated rings. The fourth-order valence-electron chi connectivity index (χ4n) is 5.66. The van der Waals surface area contributed by atoms with Crippen molar-refractivity contribution in [1.82, 2.24) is 0 Å². The standard InChI is InChI=1S/C38H27NO3/c1-24-7-12-30(13-8-24)39(31-15-17-33(42-2)18-16-31)32-14-11-28-19-25(9-10-29(28)21-32)20-36-37(40)34-22-26-5-3-4-6-27(26)23-35(34)38(36)41/h3-23H,1-2H3. The number of ketones is 2. The molecule has 0 saturated carbocycles. The fraction of sp³-hybridized carbons (Fsp3) is 0.0526. The average molecular weight is 546 g/mol. The Kier molecular flexibility index (Phi) is 6.17. The molecule has 0 bridgehead atoms. The third kappa shape index (κ3) is 4.43. The summed E-state index contributed by atoms with van der Waals surface area (Å²) in [6, 6.07) is 40.3. The van der Waals surface area contributed by atoms with Crippen LogP contribution in [0.4, 0.5) is 17.1 Å². The molecule has 0 aliphatic heterocycles. The molecule has 42 heavy (non-hydrogen) atoms. The number of hydrogen-bond acceptors (Lipinski definition) is 4. The third-order valence-corrected chi connectivity index (χ3v) is 7.90. The summed E-state index contributed by atoms with van der Waals surface area (Å²) >= 11 is 0. The second-order valence-electron chi connectivity index (χ2n) is 10.6. The molecule has 1 aliphatic rings. The fourth-order valence-corrected chi connectivity index (χ4v) is 5.66. The van der Waals surface area contributed by atoms with Gasteiger partial charge < -0.3 is 9.64 Å². The molecular weight excluding hydrogens is 518 g/mol. The molecule has 0 amide bonds. The minimum absolute atomic E-state index is 0.210. The summed E-state index contributed by atoms with van der Waals surface area (Å²) in [7, 11) is 1.67. The van der Waals surface area contributed by atoms with Crippen LogP contribution in [0.1, 0.15) is 31.8 Å². The monoisotopic (exact) mass is 545 g/mol. The normalized spacial score (nSPS) is 12.6. The summed E-state index contributed by atoms with van der Waals surface area (Å²) in [6.07, 6.45) is 1.72. The molecule has 0 radical (unpaired) electrons. The molecule has 0 unspecified atom stereocenters. The Labute approximate surface area is 244 Å². The number of benzene rings is 6. The van der Waals surface area contributed by atoms with Crippen LogP contribution in [0, 0.1) is 6.92 Å². The Morgan fingerprint density at radius 1 is 0.571 bits per heavy atom. The van der Waals surface area contributed by atoms with E-state index in [2.05, 4.69) is 66.4 Å². The first kappa shape index (κ1) is 25.5. The SMILES string of the molecule is COc1ccc(N(c2ccc(C)cc2)c2ccc3cc(C=C4C(=O)c5cc6ccccc6cc5C4=O)ccc3c2)cc1. The summed E-state index contributed by atoms with van der Waals surface area (Å²) < 4.78 is 5.38. The van der Waals surface area contributed by atoms with Gasteiger partial charge in [-0.25, -0.2) is 0 Å². The highest BCUT2D eigenvalue weighted by Crippen LogP contribution is 2.37. The van der Waals surface area contributed by atoms with E-state index in [-0.39, 0.29) is 17.1 Å². The van der Waals surface area contributed by atoms with Crippen LogP contribution in [0.5, 0.6) is 5.75 Å². The van der Waals surface area contributed by atoms with Crippen molar-refractivity contribution in [3.05, 3.63) is 149 Å². The molecule has 1 aliphatic carbocycles. The zero-order valence-corrected chi connectivity index (χ0v) is 23.3. The summed E-state index contributed by atoms with van der Waals surface area (Å²) in [6.45, 7) is 2.08. The number of aryl methyl sites for hydroxylation is 1. The van der Waals surface area contributed by atoms with E-state index in [0.717, 1.165) is 49.9 Å². The van der Waals surface area contributed by atoms with E-state index in [9.17, 15) is 9.59 Å². The summed E-state index contributed by atoms with van der Waals surface area (Å²) in [4.78, 5) is 28.7. The number of hydrogen-bond donors (Lipinski definition) is 0. The lowest BCUT2D eigenvalue weighted by molar-refractivity contribution is 0.0990. The number of methoxy groups -OCH3 is 1. The van der Waals surface area contributed by atoms with Crippen LogP contribution in [0.2, 0.25) is 0 Å². The van der Waals surface area contributed by atoms with E-state index < -0.39 is 0 Å². The molecular formula is C38H27NO3. The maximum atomic E-state index is 13.3. The second-order valence-corrected chi connectivity index (χ2v) is 10.6. The van der Waals surface area contributed by atoms with Crippen LogP contribution in [0.15, 0.2) is 127 Å². The lowest BCUT2D eigenvalue weighted by atomic mass is 10.0. The van der Waals surface area contributed by atoms with Crippen molar-refractivity contribution in [2.75, 3.05) is 12.0 Å². The molecule has 0 N–H and O–H groups in total. The van der Waals surface area contributed by atoms with Gasteiger partial charge in [0.1, 0.15) is 5.75 Å². The number of carbonyl (C=O) groups excluding carboxylic acids is 2. The highest BCUT2D eigenvalue weighted by Gasteiger charge is 2.33. The van der Waals surface area contributed by atoms with E-state index >= 15 is 0 Å². The zero-order chi connectivity index (χ0) is 28.8. The number of rotatable bonds is 5. The van der Waals surface area contributed by atoms with Gasteiger partial charge in [0.15, 0.2) is 11.6 Å². The van der Waals surface area contributed by atoms with E-state index in [1.165, 1.54) is 5.56 Å². The minimum Gasteiger partial charge on any atom is -0.497 e. The van der Waals surface area contributed by atoms with Gasteiger partial charge in [-0.3, -0.25) is 9.59 Å². The summed E-state index contributed by atoms with van der Waals surface area (Å²) in [5, 5.41) is 3.98. The summed E-state index contributed by atoms with van der Waals surface area (Å²) in [5.74, 6) is 0.368. The molecule has 0 atom stereocenters. The van der Waals surface area contributed by atoms with Crippen molar-refractivity contribution in [1.29, 1.82) is 0 Å². The van der Waals surface area contributed by atoms with Crippen molar-refractivity contribution >= 4 is 56.2 Å². The highest BCUT2D eigenvalue weighted by atomic mass is 16.5. The lowest BCUT2D eigenvalue weighted by Crippen LogP contribution is -2.09. The van der Waals surface area contributed by atoms with Gasteiger partial charge in [0.05, 0.1) is 12.7 Å². The first-order valence-electron chi connectivity index (χ1n) is 13.9. The lowest BCUT2D eigenvalue weighted by Gasteiger charge is -2.26. The molecule has 0 heterocycles. The predicted molar refractivity (Wildman–Crippen MR) is 171 cm³/mol. The van der Waals surface area contributed by atoms with Crippen LogP contribution in [-0.2, 0) is 0 Å². The Bertz CT molecular complexity index is 2000. The number of ether oxygens (including phenoxy) is 1. The third-order valence-electron chi connectivity index (χ3n) is 7.90. The molecule has 0 saturated heterocycles. The topological polar surface area (TPSA) is 46.6 Å². The Morgan fingerprint density at radius 3 is 1.71 bits per heavy atom. The van der Waals surface area contributed by atoms with E-state index in [1.54, 1.807) is 13.2 Å². The largest absolute Gasteiger partial charge is 0.497 e. The van der Waals surface area contributed by atoms with Gasteiger partial charge >= 0.3 is 0 Å². The number of allylic oxidation sites excluding steroid dienone is 1. The smallest absolute Gasteiger partial charge is 0.197 e. The Morgan fingerprint density at radius 2 is 1.10 bits per heavy atom. The van der Waals surface area contributed by atoms with Gasteiger partial charge in [0, 0.05) is 28.2 Å². The first-order chi connectivity index (χ1) is 20.5. The molecule has 6 aromatic rings. The molecule has 0 spiro atoms. The van der Waals surface area contributed by atoms with Crippen LogP contribution in [-0.4, -0.2) is 18.7 Å². The average Bonchev–Trinajstić information content (AvgIpc) is 3.25. The van der Waals surface area contributed by atoms with Crippen molar-refractivity contribution in [3.63, 3.8) is 0 Å². The van der Waals surface area contributed by atoms with Gasteiger partial charge in [-0.1, -0.05) is 60.2 Å². The molecule has 0 aromatic heterocycles. The predicted octanol–water partition coefficient (Wildman–Crippen LogP) is 9.24. The number of nitrogens with zero attached hydrogens (tertiary/aromatic N) is 1. The van der Waals surface area contributed by atoms with E-state index in [4.69, 9.17) is 4.74 Å². The maximum Gasteiger partial charge on any atom is 0.197 e. The van der Waals surface area contributed by atoms with Gasteiger partial charge in [-0.05, 0) is 107 Å². The summed E-state index contributed by atoms with van der Waals surface area (Å²) in [5.41, 5.74) is 6.27. The molecule has 202 valence electrons. The van der Waals surface area contributed by atoms with Gasteiger partial charge in [-0.15, -0.1) is 0 Å². The highest BCUT2D eigenvalue weighted by molar-refractivity contribution is 6.42. The van der Waals surface area contributed by atoms with Crippen LogP contribution in [0.3, 0.4) is 0 Å². The molecule has 6 aromatic carbocycles. The number of carbonyl (C=O) groups is 2. The Hall–Kier alpha value is -5.48. The van der Waals surface area contributed by atoms with Crippen LogP contribution in [0.25, 0.3) is 27.6 Å². The minimum atomic E-state index is -0.218. The van der Waals surface area contributed by atoms with Gasteiger partial charge in [-0.2, -0.15) is 0 Å². The van der Waals surface area contributed by atoms with Crippen molar-refractivity contribution < 1.29 is 14.3 Å². The molecule has 4 nitrogen and oxygen atoms in total. The molecule has 7 rings (SSSR count). The van der Waals surface area contributed by atoms with E-state index in [0.29, 0.717) is 11.1 Å². The van der Waals surface area contributed by atoms with Gasteiger partial charge in [0.25, 0.3) is 0 Å². The van der Waals surface area contributed by atoms with Gasteiger partial charge in [0.2, 0.25) is 0 Å². The second kappa shape index (κ2) is 10.2. The van der Waals surface area contributed by atoms with E-state index in [1.807, 2.05) is 66.7 Å². The number of Topliss-reactive ketones (excluding diaryl/α,β-unsaturated/α-hetero) is 2.